The third kappa shape index (κ3) is 2.49. The molecule has 2 rings (SSSR count). The fourth-order valence-corrected chi connectivity index (χ4v) is 1.99. The van der Waals surface area contributed by atoms with Crippen LogP contribution in [0.4, 0.5) is 0 Å². The summed E-state index contributed by atoms with van der Waals surface area (Å²) in [6.07, 6.45) is 1.70. The molecule has 2 aromatic rings. The van der Waals surface area contributed by atoms with Crippen LogP contribution in [0.1, 0.15) is 29.7 Å². The molecule has 0 saturated carbocycles. The summed E-state index contributed by atoms with van der Waals surface area (Å²) in [5.41, 5.74) is 3.24. The van der Waals surface area contributed by atoms with Crippen LogP contribution < -0.4 is 0 Å². The lowest BCUT2D eigenvalue weighted by atomic mass is 10.0. The van der Waals surface area contributed by atoms with Gasteiger partial charge in [-0.15, -0.1) is 0 Å². The van der Waals surface area contributed by atoms with Crippen LogP contribution in [0.15, 0.2) is 22.6 Å². The zero-order chi connectivity index (χ0) is 12.4. The molecule has 17 heavy (non-hydrogen) atoms. The van der Waals surface area contributed by atoms with Crippen LogP contribution in [0.3, 0.4) is 0 Å². The zero-order valence-corrected chi connectivity index (χ0v) is 10.1. The molecular formula is C14H16O3. The number of hydrogen-bond acceptors (Lipinski definition) is 2. The minimum atomic E-state index is -0.735. The van der Waals surface area contributed by atoms with Gasteiger partial charge in [-0.25, -0.2) is 0 Å². The number of furan rings is 1. The van der Waals surface area contributed by atoms with Gasteiger partial charge in [0.2, 0.25) is 0 Å². The number of carboxylic acid groups (broad SMARTS) is 1. The van der Waals surface area contributed by atoms with Gasteiger partial charge in [-0.3, -0.25) is 4.79 Å². The van der Waals surface area contributed by atoms with Gasteiger partial charge in [-0.05, 0) is 49.9 Å². The molecule has 0 aliphatic rings. The van der Waals surface area contributed by atoms with Crippen molar-refractivity contribution in [1.82, 2.24) is 0 Å². The standard InChI is InChI=1S/C14H16O3/c1-9-10(2)17-13-7-6-11(8-12(9)13)4-3-5-14(15)16/h6-8H,3-5H2,1-2H3,(H,15,16). The van der Waals surface area contributed by atoms with E-state index in [1.54, 1.807) is 0 Å². The fraction of sp³-hybridized carbons (Fsp3) is 0.357. The highest BCUT2D eigenvalue weighted by Crippen LogP contribution is 2.26. The average Bonchev–Trinajstić information content (AvgIpc) is 2.55. The Morgan fingerprint density at radius 2 is 2.12 bits per heavy atom. The van der Waals surface area contributed by atoms with Crippen molar-refractivity contribution in [3.8, 4) is 0 Å². The third-order valence-corrected chi connectivity index (χ3v) is 3.10. The average molecular weight is 232 g/mol. The molecule has 0 unspecified atom stereocenters. The van der Waals surface area contributed by atoms with Crippen LogP contribution in [0, 0.1) is 13.8 Å². The Bertz CT molecular complexity index is 552. The van der Waals surface area contributed by atoms with Crippen molar-refractivity contribution in [1.29, 1.82) is 0 Å². The van der Waals surface area contributed by atoms with E-state index >= 15 is 0 Å². The molecule has 0 aliphatic carbocycles. The maximum atomic E-state index is 10.4. The summed E-state index contributed by atoms with van der Waals surface area (Å²) >= 11 is 0. The van der Waals surface area contributed by atoms with E-state index in [4.69, 9.17) is 9.52 Å². The van der Waals surface area contributed by atoms with Crippen LogP contribution in [0.5, 0.6) is 0 Å². The molecule has 1 heterocycles. The lowest BCUT2D eigenvalue weighted by Gasteiger charge is -2.00. The minimum Gasteiger partial charge on any atom is -0.481 e. The van der Waals surface area contributed by atoms with Crippen molar-refractivity contribution in [3.05, 3.63) is 35.1 Å². The van der Waals surface area contributed by atoms with Gasteiger partial charge in [0.05, 0.1) is 0 Å². The number of carboxylic acids is 1. The lowest BCUT2D eigenvalue weighted by Crippen LogP contribution is -1.95. The van der Waals surface area contributed by atoms with Gasteiger partial charge < -0.3 is 9.52 Å². The van der Waals surface area contributed by atoms with Crippen molar-refractivity contribution in [2.45, 2.75) is 33.1 Å². The quantitative estimate of drug-likeness (QED) is 0.878. The van der Waals surface area contributed by atoms with E-state index in [9.17, 15) is 4.79 Å². The van der Waals surface area contributed by atoms with Gasteiger partial charge in [0.15, 0.2) is 0 Å². The topological polar surface area (TPSA) is 50.4 Å². The van der Waals surface area contributed by atoms with Crippen molar-refractivity contribution >= 4 is 16.9 Å². The van der Waals surface area contributed by atoms with Crippen LogP contribution >= 0.6 is 0 Å². The molecule has 0 saturated heterocycles. The molecule has 1 N–H and O–H groups in total. The van der Waals surface area contributed by atoms with Crippen molar-refractivity contribution in [3.63, 3.8) is 0 Å². The SMILES string of the molecule is Cc1oc2ccc(CCCC(=O)O)cc2c1C. The fourth-order valence-electron chi connectivity index (χ4n) is 1.99. The number of aliphatic carboxylic acids is 1. The van der Waals surface area contributed by atoms with Gasteiger partial charge in [-0.1, -0.05) is 6.07 Å². The lowest BCUT2D eigenvalue weighted by molar-refractivity contribution is -0.137. The Kier molecular flexibility index (Phi) is 3.18. The highest BCUT2D eigenvalue weighted by molar-refractivity contribution is 5.82. The Morgan fingerprint density at radius 3 is 2.82 bits per heavy atom. The highest BCUT2D eigenvalue weighted by Gasteiger charge is 2.07. The van der Waals surface area contributed by atoms with Gasteiger partial charge in [0, 0.05) is 11.8 Å². The first-order valence-electron chi connectivity index (χ1n) is 5.78. The number of carbonyl (C=O) groups is 1. The minimum absolute atomic E-state index is 0.224. The summed E-state index contributed by atoms with van der Waals surface area (Å²) < 4.78 is 5.60. The molecule has 3 heteroatoms. The molecule has 0 aliphatic heterocycles. The van der Waals surface area contributed by atoms with Crippen LogP contribution in [0.2, 0.25) is 0 Å². The van der Waals surface area contributed by atoms with E-state index in [1.165, 1.54) is 11.1 Å². The zero-order valence-electron chi connectivity index (χ0n) is 10.1. The molecule has 0 spiro atoms. The monoisotopic (exact) mass is 232 g/mol. The predicted octanol–water partition coefficient (Wildman–Crippen LogP) is 3.46. The molecule has 0 amide bonds. The van der Waals surface area contributed by atoms with E-state index in [0.717, 1.165) is 23.2 Å². The molecule has 0 radical (unpaired) electrons. The third-order valence-electron chi connectivity index (χ3n) is 3.10. The second-order valence-corrected chi connectivity index (χ2v) is 4.36. The van der Waals surface area contributed by atoms with Crippen molar-refractivity contribution in [2.24, 2.45) is 0 Å². The molecule has 0 atom stereocenters. The van der Waals surface area contributed by atoms with E-state index in [0.29, 0.717) is 6.42 Å². The number of aryl methyl sites for hydroxylation is 3. The summed E-state index contributed by atoms with van der Waals surface area (Å²) in [4.78, 5) is 10.4. The first kappa shape index (κ1) is 11.7. The number of hydrogen-bond donors (Lipinski definition) is 1. The van der Waals surface area contributed by atoms with E-state index < -0.39 is 5.97 Å². The number of fused-ring (bicyclic) bond motifs is 1. The second kappa shape index (κ2) is 4.62. The van der Waals surface area contributed by atoms with Crippen LogP contribution in [-0.2, 0) is 11.2 Å². The van der Waals surface area contributed by atoms with Gasteiger partial charge >= 0.3 is 5.97 Å². The molecule has 0 fully saturated rings. The Balaban J connectivity index is 2.19. The number of rotatable bonds is 4. The predicted molar refractivity (Wildman–Crippen MR) is 66.3 cm³/mol. The summed E-state index contributed by atoms with van der Waals surface area (Å²) in [5.74, 6) is 0.212. The first-order valence-corrected chi connectivity index (χ1v) is 5.78. The van der Waals surface area contributed by atoms with Crippen LogP contribution in [0.25, 0.3) is 11.0 Å². The summed E-state index contributed by atoms with van der Waals surface area (Å²) in [6.45, 7) is 4.00. The first-order chi connectivity index (χ1) is 8.08. The van der Waals surface area contributed by atoms with E-state index in [1.807, 2.05) is 26.0 Å². The normalized spacial score (nSPS) is 10.9. The second-order valence-electron chi connectivity index (χ2n) is 4.36. The maximum absolute atomic E-state index is 10.4. The van der Waals surface area contributed by atoms with E-state index in [-0.39, 0.29) is 6.42 Å². The van der Waals surface area contributed by atoms with Gasteiger partial charge in [0.1, 0.15) is 11.3 Å². The Hall–Kier alpha value is -1.77. The highest BCUT2D eigenvalue weighted by atomic mass is 16.4. The van der Waals surface area contributed by atoms with Crippen LogP contribution in [-0.4, -0.2) is 11.1 Å². The largest absolute Gasteiger partial charge is 0.481 e. The summed E-state index contributed by atoms with van der Waals surface area (Å²) in [5, 5.41) is 9.73. The summed E-state index contributed by atoms with van der Waals surface area (Å²) in [7, 11) is 0. The summed E-state index contributed by atoms with van der Waals surface area (Å²) in [6, 6.07) is 6.07. The van der Waals surface area contributed by atoms with E-state index in [2.05, 4.69) is 6.07 Å². The smallest absolute Gasteiger partial charge is 0.303 e. The molecule has 1 aromatic heterocycles. The molecule has 0 bridgehead atoms. The van der Waals surface area contributed by atoms with Gasteiger partial charge in [0.25, 0.3) is 0 Å². The molecule has 90 valence electrons. The molecule has 3 nitrogen and oxygen atoms in total. The van der Waals surface area contributed by atoms with Gasteiger partial charge in [-0.2, -0.15) is 0 Å². The Morgan fingerprint density at radius 1 is 1.35 bits per heavy atom. The molecule has 1 aromatic carbocycles. The molecular weight excluding hydrogens is 216 g/mol. The van der Waals surface area contributed by atoms with Crippen molar-refractivity contribution < 1.29 is 14.3 Å². The number of benzene rings is 1. The maximum Gasteiger partial charge on any atom is 0.303 e. The Labute approximate surface area is 100 Å². The van der Waals surface area contributed by atoms with Crippen molar-refractivity contribution in [2.75, 3.05) is 0 Å².